The minimum Gasteiger partial charge on any atom is -1.00 e. The Kier molecular flexibility index (Phi) is 58.8. The Morgan fingerprint density at radius 1 is 0.525 bits per heavy atom. The molecule has 0 fully saturated rings. The maximum absolute atomic E-state index is 14.4. The number of Topliss-reactive ketones (excluding diaryl/α,β-unsaturated/α-hetero) is 3. The first-order valence-corrected chi connectivity index (χ1v) is 40.5. The number of halogens is 7. The quantitative estimate of drug-likeness (QED) is 0.00613. The molecule has 9 rings (SSSR count). The topological polar surface area (TPSA) is 332 Å². The van der Waals surface area contributed by atoms with Gasteiger partial charge in [-0.3, -0.25) is 38.1 Å². The van der Waals surface area contributed by atoms with E-state index in [1.54, 1.807) is 64.9 Å². The van der Waals surface area contributed by atoms with E-state index in [-0.39, 0.29) is 147 Å². The normalized spacial score (nSPS) is 11.9. The van der Waals surface area contributed by atoms with E-state index in [2.05, 4.69) is 50.2 Å². The van der Waals surface area contributed by atoms with Crippen molar-refractivity contribution in [2.45, 2.75) is 181 Å². The fraction of sp³-hybridized carbons (Fsp3) is 0.375. The number of rotatable bonds is 32. The molecule has 2 aromatic heterocycles. The van der Waals surface area contributed by atoms with E-state index in [1.807, 2.05) is 165 Å². The van der Waals surface area contributed by atoms with E-state index in [4.69, 9.17) is 61.0 Å². The Hall–Kier alpha value is -7.03. The van der Waals surface area contributed by atoms with Crippen LogP contribution in [0.25, 0.3) is 11.0 Å². The molecule has 9 aromatic rings. The molecule has 122 heavy (non-hydrogen) atoms. The van der Waals surface area contributed by atoms with Gasteiger partial charge in [-0.1, -0.05) is 246 Å². The number of nitrogens with zero attached hydrogens (tertiary/aromatic N) is 2. The van der Waals surface area contributed by atoms with Gasteiger partial charge in [0.2, 0.25) is 5.91 Å². The zero-order valence-electron chi connectivity index (χ0n) is 70.7. The molecule has 11 N–H and O–H groups in total. The Morgan fingerprint density at radius 3 is 1.31 bits per heavy atom. The van der Waals surface area contributed by atoms with Crippen LogP contribution in [-0.4, -0.2) is 157 Å². The second-order valence-electron chi connectivity index (χ2n) is 29.8. The van der Waals surface area contributed by atoms with Crippen LogP contribution in [0.15, 0.2) is 204 Å². The van der Waals surface area contributed by atoms with Gasteiger partial charge in [-0.15, -0.1) is 0 Å². The molecule has 0 amide bonds. The van der Waals surface area contributed by atoms with Gasteiger partial charge in [-0.05, 0) is 153 Å². The van der Waals surface area contributed by atoms with E-state index in [1.165, 1.54) is 59.9 Å². The van der Waals surface area contributed by atoms with Gasteiger partial charge in [0.15, 0.2) is 17.0 Å². The van der Waals surface area contributed by atoms with Crippen LogP contribution in [0.5, 0.6) is 0 Å². The first-order chi connectivity index (χ1) is 55.6. The number of benzene rings is 7. The molecule has 0 aliphatic heterocycles. The molecule has 0 radical (unpaired) electrons. The van der Waals surface area contributed by atoms with Gasteiger partial charge in [0.05, 0.1) is 46.6 Å². The number of aryl methyl sites for hydroxylation is 1. The van der Waals surface area contributed by atoms with Crippen molar-refractivity contribution in [2.24, 2.45) is 35.5 Å². The standard InChI is InChI=1S/C21H24BClFNO3.C21H23BClNO3.C14H22BNO2.C9H16BN3O2.C8H9.C7H3Cl2FO.C6H14BNO3.2CH4.BrH.Mg/c1-13(2)19(25-22(3)28)21(27)17(11-14-7-5-4-6-8-14)20(26)16-10-9-15(23)12-18(16)24;1-13(2)19(24-22(3)26)21-17(11-14-7-5-4-6-8-14)20(25)16-10-9-15(23)12-18(16)27-21;1-11(2)14(16-15(3)18)13(17)10-9-12-7-5-4-6-8-12;1-7(2)8(12-10(3)15)9(14)13-5-4-11-6-13;1-2-8-6-4-3-5-7-8;8-4-1-2-5(7(9)11)6(10)3-4;1-4(2)5(6(9)10)8-7(3)11;;;;/h4-10,12-13,17,19,25,28H,11H2,1-3H3;4-10,12-13,19,24,26H,11H2,1-3H3;4-8,11,14,16,18H,9-10H2,1-3H3;4-8,12,15H,1-3H3;3-7H,1-2H2;1-3H;4-5,8,11H,1-3H3,(H,9,10);2*1H4;1H;/q;;;;-1;;;;;;+2/p-1. The third-order valence-corrected chi connectivity index (χ3v) is 18.7. The SMILES string of the molecule is C.C.CB(O)NC(C(=O)C(Cc1ccccc1)C(=O)c1ccc(Cl)cc1F)C(C)C.CB(O)NC(C(=O)CCc1ccccc1)C(C)C.CB(O)NC(C(=O)O)C(C)C.CB(O)NC(C(=O)n1ccnc1)C(C)C.CB(O)NC(c1oc2cc(Cl)ccc2c(=O)c1Cc1ccccc1)C(C)C.O=C(Cl)c1ccc(Cl)cc1F.[Br-].[CH2-]Cc1ccccc1.[Mg+2]. The Labute approximate surface area is 768 Å². The van der Waals surface area contributed by atoms with E-state index >= 15 is 0 Å². The van der Waals surface area contributed by atoms with E-state index in [0.29, 0.717) is 40.2 Å². The average molecular weight is 1840 g/mol. The monoisotopic (exact) mass is 1830 g/mol. The maximum Gasteiger partial charge on any atom is 2.00 e. The van der Waals surface area contributed by atoms with Crippen molar-refractivity contribution >= 4 is 150 Å². The maximum atomic E-state index is 14.4. The molecule has 2 heterocycles. The number of carboxylic acid groups (broad SMARTS) is 1. The Bertz CT molecular complexity index is 4590. The number of carbonyl (C=O) groups is 6. The van der Waals surface area contributed by atoms with E-state index in [9.17, 15) is 62.4 Å². The molecule has 0 saturated heterocycles. The van der Waals surface area contributed by atoms with E-state index in [0.717, 1.165) is 36.1 Å². The molecule has 0 spiro atoms. The number of carboxylic acids is 1. The predicted octanol–water partition coefficient (Wildman–Crippen LogP) is 13.0. The Balaban J connectivity index is 0. The second-order valence-corrected chi connectivity index (χ2v) is 31.4. The van der Waals surface area contributed by atoms with Crippen molar-refractivity contribution < 1.29 is 89.2 Å². The number of hydrogen-bond acceptors (Lipinski definition) is 19. The van der Waals surface area contributed by atoms with E-state index < -0.39 is 87.9 Å². The van der Waals surface area contributed by atoms with Gasteiger partial charge in [0.25, 0.3) is 5.24 Å². The van der Waals surface area contributed by atoms with Gasteiger partial charge < -0.3 is 84.7 Å². The molecule has 0 aliphatic carbocycles. The molecule has 34 heteroatoms. The van der Waals surface area contributed by atoms with Crippen molar-refractivity contribution in [1.82, 2.24) is 35.7 Å². The van der Waals surface area contributed by atoms with Crippen LogP contribution < -0.4 is 48.5 Å². The summed E-state index contributed by atoms with van der Waals surface area (Å²) in [4.78, 5) is 88.5. The molecule has 656 valence electrons. The summed E-state index contributed by atoms with van der Waals surface area (Å²) in [7, 11) is -3.79. The summed E-state index contributed by atoms with van der Waals surface area (Å²) in [6, 6.07) is 49.3. The summed E-state index contributed by atoms with van der Waals surface area (Å²) in [6.45, 7) is 30.7. The number of hydrogen-bond donors (Lipinski definition) is 11. The van der Waals surface area contributed by atoms with Gasteiger partial charge in [0.1, 0.15) is 41.1 Å². The van der Waals surface area contributed by atoms with Crippen molar-refractivity contribution in [1.29, 1.82) is 0 Å². The molecule has 0 saturated carbocycles. The molecule has 6 atom stereocenters. The number of aromatic nitrogens is 2. The molecule has 0 bridgehead atoms. The summed E-state index contributed by atoms with van der Waals surface area (Å²) >= 11 is 22.4. The van der Waals surface area contributed by atoms with Gasteiger partial charge in [0, 0.05) is 51.9 Å². The summed E-state index contributed by atoms with van der Waals surface area (Å²) in [5.41, 5.74) is 4.96. The number of fused-ring (bicyclic) bond motifs is 1. The second kappa shape index (κ2) is 61.4. The van der Waals surface area contributed by atoms with Crippen LogP contribution in [0, 0.1) is 54.1 Å². The molecular weight excluding hydrogens is 1720 g/mol. The predicted molar refractivity (Wildman–Crippen MR) is 495 cm³/mol. The summed E-state index contributed by atoms with van der Waals surface area (Å²) in [6.07, 6.45) is 7.37. The van der Waals surface area contributed by atoms with Gasteiger partial charge in [-0.25, -0.2) is 13.8 Å². The van der Waals surface area contributed by atoms with Crippen LogP contribution in [-0.2, 0) is 40.1 Å². The fourth-order valence-corrected chi connectivity index (χ4v) is 12.5. The number of nitrogens with one attached hydrogen (secondary N) is 5. The molecule has 21 nitrogen and oxygen atoms in total. The van der Waals surface area contributed by atoms with Gasteiger partial charge >= 0.3 is 64.3 Å². The zero-order chi connectivity index (χ0) is 88.6. The van der Waals surface area contributed by atoms with Crippen molar-refractivity contribution in [2.75, 3.05) is 0 Å². The average Bonchev–Trinajstić information content (AvgIpc) is 0.797. The largest absolute Gasteiger partial charge is 2.00 e. The number of imidazole rings is 1. The van der Waals surface area contributed by atoms with Crippen molar-refractivity contribution in [3.05, 3.63) is 283 Å². The van der Waals surface area contributed by atoms with Gasteiger partial charge in [-0.2, -0.15) is 6.42 Å². The number of ketones is 3. The smallest absolute Gasteiger partial charge is 1.00 e. The van der Waals surface area contributed by atoms with Crippen LogP contribution in [0.4, 0.5) is 8.78 Å². The minimum atomic E-state index is -1.09. The third-order valence-electron chi connectivity index (χ3n) is 17.8. The summed E-state index contributed by atoms with van der Waals surface area (Å²) in [5.74, 6) is -3.63. The minimum absolute atomic E-state index is 0. The fourth-order valence-electron chi connectivity index (χ4n) is 11.8. The summed E-state index contributed by atoms with van der Waals surface area (Å²) < 4.78 is 34.7. The van der Waals surface area contributed by atoms with Crippen LogP contribution in [0.3, 0.4) is 0 Å². The molecule has 6 unspecified atom stereocenters. The molecule has 7 aromatic carbocycles. The molecular formula is C88H119B5BrCl4F2MgN7O14. The van der Waals surface area contributed by atoms with Crippen molar-refractivity contribution in [3.63, 3.8) is 0 Å². The number of aliphatic carboxylic acids is 1. The van der Waals surface area contributed by atoms with Crippen LogP contribution >= 0.6 is 46.4 Å². The zero-order valence-corrected chi connectivity index (χ0v) is 76.7. The van der Waals surface area contributed by atoms with Crippen molar-refractivity contribution in [3.8, 4) is 0 Å². The Morgan fingerprint density at radius 2 is 0.926 bits per heavy atom. The first kappa shape index (κ1) is 117. The molecule has 0 aliphatic rings. The van der Waals surface area contributed by atoms with Crippen LogP contribution in [0.1, 0.15) is 156 Å². The number of carbonyl (C=O) groups excluding carboxylic acids is 5. The first-order valence-electron chi connectivity index (χ1n) is 38.9. The van der Waals surface area contributed by atoms with Crippen LogP contribution in [0.2, 0.25) is 49.2 Å². The third kappa shape index (κ3) is 42.8. The summed E-state index contributed by atoms with van der Waals surface area (Å²) in [5, 5.41) is 70.5.